The first-order chi connectivity index (χ1) is 57.3. The summed E-state index contributed by atoms with van der Waals surface area (Å²) < 4.78 is 163. The number of aliphatic hydroxyl groups is 6. The summed E-state index contributed by atoms with van der Waals surface area (Å²) >= 11 is 28.1. The Morgan fingerprint density at radius 1 is 0.521 bits per heavy atom. The first kappa shape index (κ1) is 84.1. The largest absolute Gasteiger partial charge is 0.462 e. The van der Waals surface area contributed by atoms with Crippen LogP contribution in [0.25, 0.3) is 0 Å². The molecule has 18 atom stereocenters. The molecule has 9 N–H and O–H groups in total. The Kier molecular flexibility index (Phi) is 28.8. The lowest BCUT2D eigenvalue weighted by atomic mass is 9.96. The number of hydrogen-bond acceptors (Lipinski definition) is 30. The summed E-state index contributed by atoms with van der Waals surface area (Å²) in [4.78, 5) is 79.2. The fourth-order valence-electron chi connectivity index (χ4n) is 13.4. The van der Waals surface area contributed by atoms with Gasteiger partial charge in [0.05, 0.1) is 64.1 Å². The molecule has 3 saturated carbocycles. The number of aliphatic hydroxyl groups excluding tert-OH is 3. The van der Waals surface area contributed by atoms with Gasteiger partial charge in [-0.1, -0.05) is 62.2 Å². The molecule has 33 nitrogen and oxygen atoms in total. The number of nitrogens with zero attached hydrogens (tertiary/aromatic N) is 3. The number of carbonyl (C=O) groups excluding carboxylic acids is 4. The first-order valence-electron chi connectivity index (χ1n) is 40.5. The lowest BCUT2D eigenvalue weighted by Crippen LogP contribution is -2.53. The maximum Gasteiger partial charge on any atom is 0.380 e. The number of H-pyrrole nitrogens is 2. The number of carbonyl (C=O) groups is 4. The second kappa shape index (κ2) is 40.0. The molecular weight excluding hydrogens is 1690 g/mol. The number of hydrogen-bond donors (Lipinski definition) is 9. The van der Waals surface area contributed by atoms with Crippen molar-refractivity contribution in [1.82, 2.24) is 29.3 Å². The highest BCUT2D eigenvalue weighted by Crippen LogP contribution is 2.55. The van der Waals surface area contributed by atoms with Crippen LogP contribution in [-0.2, 0) is 74.9 Å². The number of ether oxygens (including phenoxy) is 6. The Morgan fingerprint density at radius 3 is 1.09 bits per heavy atom. The molecule has 7 aliphatic rings. The van der Waals surface area contributed by atoms with Crippen molar-refractivity contribution < 1.29 is 127 Å². The lowest BCUT2D eigenvalue weighted by Gasteiger charge is -2.37. The van der Waals surface area contributed by atoms with Gasteiger partial charge in [-0.3, -0.25) is 61.4 Å². The Morgan fingerprint density at radius 2 is 0.803 bits per heavy atom. The lowest BCUT2D eigenvalue weighted by molar-refractivity contribution is -0.153. The average molecular weight is 1800 g/mol. The summed E-state index contributed by atoms with van der Waals surface area (Å²) in [7, 11) is -13.6. The topological polar surface area (TPSA) is 442 Å². The van der Waals surface area contributed by atoms with Gasteiger partial charge in [-0.05, 0) is 195 Å². The van der Waals surface area contributed by atoms with Crippen LogP contribution in [0.5, 0.6) is 17.2 Å². The molecule has 3 aliphatic carbocycles. The van der Waals surface area contributed by atoms with E-state index in [1.54, 1.807) is 0 Å². The SMILES string of the molecule is [2H]C([2H])(OP(=O)(C[C@@H](C)C(=O)OC1CCCC1)Oc1ccc(Cl)cc1)[C@H]1O[C@@H](n2ccc(=O)[nH]c2=S)C(C)(O)[C@H]1O.[2H]C([2H])(O[P@@](=O)(C[C@@H](C)C(=O)OC1CCCC1)Oc1ccc(Cl)cc1)[C@H]1O[C@@H](n2ccc(=O)[nH]c2=S)C(C)(O)[C@H]1O.[2H]C([2H])(O[P@](=O)(C[C@@H](C)C(=O)OC1CCCC1)Oc1ccc(Cl)cc1)[C@H]1O[C@@H](N2C=CC(=O)NC2=C)C(C)(O)[C@H]1O. The molecule has 6 fully saturated rings. The van der Waals surface area contributed by atoms with E-state index in [9.17, 15) is 73.1 Å². The fraction of sp³-hybridized carbons (Fsp3) is 0.553. The molecule has 4 aliphatic heterocycles. The van der Waals surface area contributed by atoms with Crippen molar-refractivity contribution >= 4 is 106 Å². The monoisotopic (exact) mass is 1790 g/mol. The quantitative estimate of drug-likeness (QED) is 0.00892. The van der Waals surface area contributed by atoms with Crippen molar-refractivity contribution in [2.75, 3.05) is 38.2 Å². The van der Waals surface area contributed by atoms with Gasteiger partial charge in [0.1, 0.15) is 94.8 Å². The molecule has 12 rings (SSSR count). The third-order valence-electron chi connectivity index (χ3n) is 20.0. The van der Waals surface area contributed by atoms with Crippen molar-refractivity contribution in [3.8, 4) is 17.2 Å². The standard InChI is InChI=1S/C26H34ClN2O9P.2C25H32ClN2O9PS/c1-16(24(32)36-19-6-4-5-7-19)15-39(34,38-20-10-8-18(27)9-11-20)35-14-21-23(31)26(3,33)25(37-21)29-13-12-22(30)28-17(29)2;2*1-15(22(31)35-17-5-3-4-6-17)14-38(33,37-18-9-7-16(26)8-10-18)34-13-19-21(30)25(2,32)23(36-19)28-12-11-20(29)27-24(28)39/h8-13,16,19,21,23,25,31,33H,2,4-7,14-15H2,1,3H3,(H,28,30);2*7-12,15,17,19,21,23,30,32H,3-6,13-14H2,1-2H3,(H,27,29,39)/t16-,21-,23+,25-,26?,39-;15-,19-,21+,23-,25?,38?;15-,19-,21+,23-,25?,38+/m111/s1/i14D2;2*13D2. The predicted molar refractivity (Wildman–Crippen MR) is 430 cm³/mol. The van der Waals surface area contributed by atoms with Gasteiger partial charge in [0, 0.05) is 51.9 Å². The highest BCUT2D eigenvalue weighted by atomic mass is 35.5. The number of esters is 3. The van der Waals surface area contributed by atoms with Crippen molar-refractivity contribution in [3.05, 3.63) is 167 Å². The summed E-state index contributed by atoms with van der Waals surface area (Å²) in [5, 5.41) is 69.7. The van der Waals surface area contributed by atoms with Crippen molar-refractivity contribution in [2.45, 2.75) is 209 Å². The van der Waals surface area contributed by atoms with E-state index in [2.05, 4.69) is 21.9 Å². The molecule has 6 heterocycles. The van der Waals surface area contributed by atoms with Crippen LogP contribution >= 0.6 is 82.0 Å². The number of amides is 1. The number of nitrogens with one attached hydrogen (secondary N) is 3. The number of benzene rings is 3. The minimum atomic E-state index is -4.53. The van der Waals surface area contributed by atoms with Crippen LogP contribution in [0.2, 0.25) is 15.1 Å². The summed E-state index contributed by atoms with van der Waals surface area (Å²) in [6.07, 6.45) is -3.28. The second-order valence-electron chi connectivity index (χ2n) is 29.8. The van der Waals surface area contributed by atoms with Gasteiger partial charge in [0.15, 0.2) is 28.2 Å². The molecule has 0 bridgehead atoms. The number of rotatable bonds is 30. The van der Waals surface area contributed by atoms with Gasteiger partial charge in [0.25, 0.3) is 17.0 Å². The smallest absolute Gasteiger partial charge is 0.380 e. The van der Waals surface area contributed by atoms with E-state index in [0.717, 1.165) is 104 Å². The fourth-order valence-corrected chi connectivity index (χ4v) is 19.4. The average Bonchev–Trinajstić information content (AvgIpc) is 1.60. The molecule has 2 aromatic heterocycles. The number of aromatic amines is 2. The zero-order chi connectivity index (χ0) is 90.5. The van der Waals surface area contributed by atoms with Gasteiger partial charge >= 0.3 is 40.7 Å². The normalized spacial score (nSPS) is 29.5. The maximum atomic E-state index is 14.1. The van der Waals surface area contributed by atoms with E-state index in [1.165, 1.54) is 138 Å². The van der Waals surface area contributed by atoms with E-state index in [0.29, 0.717) is 15.1 Å². The van der Waals surface area contributed by atoms with Gasteiger partial charge in [-0.2, -0.15) is 0 Å². The summed E-state index contributed by atoms with van der Waals surface area (Å²) in [6.45, 7) is 2.62. The highest BCUT2D eigenvalue weighted by molar-refractivity contribution is 7.71. The third-order valence-corrected chi connectivity index (χ3v) is 26.9. The maximum absolute atomic E-state index is 14.1. The molecule has 0 spiro atoms. The molecular formula is C76H98Cl3N6O27P3S2. The Labute approximate surface area is 708 Å². The molecule has 1 amide bonds. The minimum Gasteiger partial charge on any atom is -0.462 e. The van der Waals surface area contributed by atoms with E-state index in [4.69, 9.17) is 123 Å². The minimum absolute atomic E-state index is 0.0171. The van der Waals surface area contributed by atoms with Gasteiger partial charge in [-0.25, -0.2) is 13.7 Å². The Hall–Kier alpha value is -6.50. The zero-order valence-corrected chi connectivity index (χ0v) is 70.8. The van der Waals surface area contributed by atoms with Crippen LogP contribution in [-0.4, -0.2) is 195 Å². The van der Waals surface area contributed by atoms with E-state index >= 15 is 0 Å². The zero-order valence-electron chi connectivity index (χ0n) is 70.3. The highest BCUT2D eigenvalue weighted by Gasteiger charge is 2.58. The molecule has 5 aromatic rings. The summed E-state index contributed by atoms with van der Waals surface area (Å²) in [6, 6.07) is 19.4. The summed E-state index contributed by atoms with van der Waals surface area (Å²) in [5.41, 5.74) is -7.38. The van der Waals surface area contributed by atoms with Crippen LogP contribution < -0.4 is 30.0 Å². The van der Waals surface area contributed by atoms with Crippen LogP contribution in [0.1, 0.15) is 139 Å². The van der Waals surface area contributed by atoms with Crippen LogP contribution in [0.15, 0.2) is 132 Å². The molecule has 41 heteroatoms. The molecule has 117 heavy (non-hydrogen) atoms. The second-order valence-corrected chi connectivity index (χ2v) is 37.7. The molecule has 3 saturated heterocycles. The third kappa shape index (κ3) is 24.4. The Bertz CT molecular complexity index is 4830. The Balaban J connectivity index is 0.000000193. The predicted octanol–water partition coefficient (Wildman–Crippen LogP) is 11.3. The van der Waals surface area contributed by atoms with Crippen molar-refractivity contribution in [3.63, 3.8) is 0 Å². The van der Waals surface area contributed by atoms with Gasteiger partial charge < -0.3 is 82.8 Å². The summed E-state index contributed by atoms with van der Waals surface area (Å²) in [5.74, 6) is -5.26. The van der Waals surface area contributed by atoms with Crippen LogP contribution in [0.3, 0.4) is 0 Å². The molecule has 0 radical (unpaired) electrons. The number of aromatic nitrogens is 4. The van der Waals surface area contributed by atoms with E-state index < -0.39 is 186 Å². The first-order valence-corrected chi connectivity index (χ1v) is 44.6. The number of halogens is 3. The van der Waals surface area contributed by atoms with E-state index in [-0.39, 0.29) is 50.9 Å². The molecule has 4 unspecified atom stereocenters. The molecule has 642 valence electrons. The molecule has 3 aromatic carbocycles. The van der Waals surface area contributed by atoms with Gasteiger partial charge in [0.2, 0.25) is 0 Å². The van der Waals surface area contributed by atoms with Gasteiger partial charge in [-0.15, -0.1) is 0 Å². The van der Waals surface area contributed by atoms with Crippen molar-refractivity contribution in [1.29, 1.82) is 0 Å². The van der Waals surface area contributed by atoms with Crippen LogP contribution in [0, 0.1) is 27.3 Å². The van der Waals surface area contributed by atoms with Crippen LogP contribution in [0.4, 0.5) is 0 Å². The van der Waals surface area contributed by atoms with Crippen molar-refractivity contribution in [2.24, 2.45) is 17.8 Å². The van der Waals surface area contributed by atoms with E-state index in [1.807, 2.05) is 0 Å².